The number of H-pyrrole nitrogens is 1. The van der Waals surface area contributed by atoms with Crippen LogP contribution in [-0.2, 0) is 6.18 Å². The molecule has 0 saturated heterocycles. The zero-order chi connectivity index (χ0) is 14.2. The molecule has 106 valence electrons. The van der Waals surface area contributed by atoms with Crippen molar-refractivity contribution in [3.05, 3.63) is 29.7 Å². The van der Waals surface area contributed by atoms with Gasteiger partial charge in [-0.05, 0) is 25.0 Å². The standard InChI is InChI=1S/C13H13F3N4/c14-13(15,16)9-5-6-10(17-7-9)12-18-11(19-20-12)8-3-1-2-4-8/h5-8H,1-4H2,(H,18,19,20). The fraction of sp³-hybridized carbons (Fsp3) is 0.462. The van der Waals surface area contributed by atoms with Gasteiger partial charge in [-0.25, -0.2) is 4.98 Å². The van der Waals surface area contributed by atoms with Crippen LogP contribution in [0.25, 0.3) is 11.5 Å². The first-order valence-corrected chi connectivity index (χ1v) is 6.50. The Kier molecular flexibility index (Phi) is 3.19. The summed E-state index contributed by atoms with van der Waals surface area (Å²) in [6.45, 7) is 0. The molecule has 2 aromatic rings. The molecule has 1 fully saturated rings. The van der Waals surface area contributed by atoms with Crippen LogP contribution in [0.2, 0.25) is 0 Å². The number of hydrogen-bond acceptors (Lipinski definition) is 3. The van der Waals surface area contributed by atoms with Gasteiger partial charge in [0, 0.05) is 12.1 Å². The molecule has 4 nitrogen and oxygen atoms in total. The molecule has 2 heterocycles. The number of aromatic nitrogens is 4. The summed E-state index contributed by atoms with van der Waals surface area (Å²) in [6.07, 6.45) is 0.948. The van der Waals surface area contributed by atoms with Crippen molar-refractivity contribution < 1.29 is 13.2 Å². The molecule has 1 aliphatic rings. The van der Waals surface area contributed by atoms with Gasteiger partial charge in [-0.2, -0.15) is 18.3 Å². The van der Waals surface area contributed by atoms with Crippen molar-refractivity contribution >= 4 is 0 Å². The number of hydrogen-bond donors (Lipinski definition) is 1. The number of aromatic amines is 1. The monoisotopic (exact) mass is 282 g/mol. The van der Waals surface area contributed by atoms with Crippen molar-refractivity contribution in [3.8, 4) is 11.5 Å². The Morgan fingerprint density at radius 3 is 2.50 bits per heavy atom. The molecule has 3 rings (SSSR count). The summed E-state index contributed by atoms with van der Waals surface area (Å²) in [6, 6.07) is 2.29. The van der Waals surface area contributed by atoms with E-state index < -0.39 is 11.7 Å². The number of rotatable bonds is 2. The first kappa shape index (κ1) is 13.1. The lowest BCUT2D eigenvalue weighted by Crippen LogP contribution is -2.05. The second-order valence-corrected chi connectivity index (χ2v) is 4.96. The highest BCUT2D eigenvalue weighted by molar-refractivity contribution is 5.48. The van der Waals surface area contributed by atoms with Crippen LogP contribution >= 0.6 is 0 Å². The molecule has 0 atom stereocenters. The Hall–Kier alpha value is -1.92. The van der Waals surface area contributed by atoms with E-state index in [4.69, 9.17) is 0 Å². The molecule has 0 radical (unpaired) electrons. The number of halogens is 3. The van der Waals surface area contributed by atoms with Crippen molar-refractivity contribution in [2.24, 2.45) is 0 Å². The maximum atomic E-state index is 12.5. The molecule has 1 saturated carbocycles. The van der Waals surface area contributed by atoms with Crippen LogP contribution in [0.4, 0.5) is 13.2 Å². The largest absolute Gasteiger partial charge is 0.417 e. The maximum Gasteiger partial charge on any atom is 0.417 e. The van der Waals surface area contributed by atoms with Gasteiger partial charge in [0.25, 0.3) is 0 Å². The smallest absolute Gasteiger partial charge is 0.262 e. The second-order valence-electron chi connectivity index (χ2n) is 4.96. The van der Waals surface area contributed by atoms with Crippen molar-refractivity contribution in [1.82, 2.24) is 20.2 Å². The fourth-order valence-electron chi connectivity index (χ4n) is 2.46. The summed E-state index contributed by atoms with van der Waals surface area (Å²) in [5, 5.41) is 6.91. The molecule has 7 heteroatoms. The summed E-state index contributed by atoms with van der Waals surface area (Å²) in [4.78, 5) is 8.13. The van der Waals surface area contributed by atoms with Crippen molar-refractivity contribution in [3.63, 3.8) is 0 Å². The van der Waals surface area contributed by atoms with Gasteiger partial charge in [0.05, 0.1) is 5.56 Å². The molecule has 0 spiro atoms. The third-order valence-electron chi connectivity index (χ3n) is 3.56. The molecule has 0 bridgehead atoms. The average Bonchev–Trinajstić information content (AvgIpc) is 3.09. The molecule has 20 heavy (non-hydrogen) atoms. The van der Waals surface area contributed by atoms with E-state index in [0.29, 0.717) is 17.4 Å². The molecule has 1 aliphatic carbocycles. The summed E-state index contributed by atoms with van der Waals surface area (Å²) in [5.74, 6) is 1.53. The van der Waals surface area contributed by atoms with Gasteiger partial charge in [-0.15, -0.1) is 0 Å². The first-order chi connectivity index (χ1) is 9.54. The van der Waals surface area contributed by atoms with E-state index >= 15 is 0 Å². The number of pyridine rings is 1. The molecular weight excluding hydrogens is 269 g/mol. The third-order valence-corrected chi connectivity index (χ3v) is 3.56. The van der Waals surface area contributed by atoms with Crippen LogP contribution in [0.15, 0.2) is 18.3 Å². The molecule has 0 unspecified atom stereocenters. The van der Waals surface area contributed by atoms with Gasteiger partial charge in [-0.1, -0.05) is 12.8 Å². The molecule has 2 aromatic heterocycles. The van der Waals surface area contributed by atoms with Gasteiger partial charge >= 0.3 is 6.18 Å². The number of nitrogens with zero attached hydrogens (tertiary/aromatic N) is 3. The van der Waals surface area contributed by atoms with Crippen LogP contribution in [-0.4, -0.2) is 20.2 Å². The Balaban J connectivity index is 1.82. The topological polar surface area (TPSA) is 54.5 Å². The zero-order valence-electron chi connectivity index (χ0n) is 10.6. The summed E-state index contributed by atoms with van der Waals surface area (Å²) >= 11 is 0. The molecule has 0 amide bonds. The Morgan fingerprint density at radius 1 is 1.15 bits per heavy atom. The maximum absolute atomic E-state index is 12.5. The zero-order valence-corrected chi connectivity index (χ0v) is 10.6. The molecular formula is C13H13F3N4. The fourth-order valence-corrected chi connectivity index (χ4v) is 2.46. The highest BCUT2D eigenvalue weighted by Gasteiger charge is 2.31. The molecule has 0 aromatic carbocycles. The van der Waals surface area contributed by atoms with Crippen LogP contribution in [0.1, 0.15) is 43.0 Å². The van der Waals surface area contributed by atoms with Crippen LogP contribution in [0, 0.1) is 0 Å². The lowest BCUT2D eigenvalue weighted by Gasteiger charge is -2.05. The van der Waals surface area contributed by atoms with E-state index in [1.54, 1.807) is 0 Å². The van der Waals surface area contributed by atoms with Crippen LogP contribution in [0.5, 0.6) is 0 Å². The quantitative estimate of drug-likeness (QED) is 0.916. The Bertz CT molecular complexity index is 582. The minimum atomic E-state index is -4.38. The minimum absolute atomic E-state index is 0.346. The third kappa shape index (κ3) is 2.52. The van der Waals surface area contributed by atoms with Crippen molar-refractivity contribution in [1.29, 1.82) is 0 Å². The SMILES string of the molecule is FC(F)(F)c1ccc(-c2n[nH]c(C3CCCC3)n2)nc1. The second kappa shape index (κ2) is 4.88. The van der Waals surface area contributed by atoms with Crippen LogP contribution in [0.3, 0.4) is 0 Å². The van der Waals surface area contributed by atoms with Crippen molar-refractivity contribution in [2.75, 3.05) is 0 Å². The van der Waals surface area contributed by atoms with E-state index in [0.717, 1.165) is 30.9 Å². The van der Waals surface area contributed by atoms with Gasteiger partial charge in [0.1, 0.15) is 11.5 Å². The van der Waals surface area contributed by atoms with Crippen LogP contribution < -0.4 is 0 Å². The normalized spacial score (nSPS) is 16.8. The van der Waals surface area contributed by atoms with Gasteiger partial charge in [0.15, 0.2) is 5.82 Å². The van der Waals surface area contributed by atoms with E-state index in [9.17, 15) is 13.2 Å². The average molecular weight is 282 g/mol. The Morgan fingerprint density at radius 2 is 1.90 bits per heavy atom. The van der Waals surface area contributed by atoms with Gasteiger partial charge < -0.3 is 0 Å². The summed E-state index contributed by atoms with van der Waals surface area (Å²) < 4.78 is 37.4. The van der Waals surface area contributed by atoms with Crippen molar-refractivity contribution in [2.45, 2.75) is 37.8 Å². The minimum Gasteiger partial charge on any atom is -0.262 e. The van der Waals surface area contributed by atoms with Gasteiger partial charge in [0.2, 0.25) is 0 Å². The number of nitrogens with one attached hydrogen (secondary N) is 1. The van der Waals surface area contributed by atoms with E-state index in [1.807, 2.05) is 0 Å². The highest BCUT2D eigenvalue weighted by Crippen LogP contribution is 2.33. The van der Waals surface area contributed by atoms with E-state index in [-0.39, 0.29) is 0 Å². The Labute approximate surface area is 113 Å². The first-order valence-electron chi connectivity index (χ1n) is 6.50. The van der Waals surface area contributed by atoms with E-state index in [2.05, 4.69) is 20.2 Å². The lowest BCUT2D eigenvalue weighted by molar-refractivity contribution is -0.137. The summed E-state index contributed by atoms with van der Waals surface area (Å²) in [5.41, 5.74) is -0.425. The number of alkyl halides is 3. The molecule has 0 aliphatic heterocycles. The van der Waals surface area contributed by atoms with E-state index in [1.165, 1.54) is 18.9 Å². The lowest BCUT2D eigenvalue weighted by atomic mass is 10.1. The summed E-state index contributed by atoms with van der Waals surface area (Å²) in [7, 11) is 0. The molecule has 1 N–H and O–H groups in total. The predicted octanol–water partition coefficient (Wildman–Crippen LogP) is 3.54. The van der Waals surface area contributed by atoms with Gasteiger partial charge in [-0.3, -0.25) is 10.1 Å². The predicted molar refractivity (Wildman–Crippen MR) is 65.8 cm³/mol. The highest BCUT2D eigenvalue weighted by atomic mass is 19.4.